The first-order valence-corrected chi connectivity index (χ1v) is 7.84. The van der Waals surface area contributed by atoms with Gasteiger partial charge in [-0.1, -0.05) is 18.2 Å². The standard InChI is InChI=1S/C20H16F2N2O2/c1-26-18-8-3-2-5-15(18)20(25)24-14-11-9-13(10-12-14)23-19-16(21)6-4-7-17(19)22/h2-12,23H,1H3,(H,24,25). The Hall–Kier alpha value is -3.41. The molecule has 0 unspecified atom stereocenters. The number of carbonyl (C=O) groups is 1. The Morgan fingerprint density at radius 1 is 0.846 bits per heavy atom. The average Bonchev–Trinajstić information content (AvgIpc) is 2.66. The van der Waals surface area contributed by atoms with Gasteiger partial charge in [0.25, 0.3) is 5.91 Å². The van der Waals surface area contributed by atoms with E-state index in [1.165, 1.54) is 25.3 Å². The zero-order valence-electron chi connectivity index (χ0n) is 13.9. The Kier molecular flexibility index (Phi) is 5.12. The van der Waals surface area contributed by atoms with Crippen LogP contribution in [-0.2, 0) is 0 Å². The quantitative estimate of drug-likeness (QED) is 0.680. The molecule has 0 saturated heterocycles. The van der Waals surface area contributed by atoms with Crippen LogP contribution in [0.1, 0.15) is 10.4 Å². The maximum Gasteiger partial charge on any atom is 0.259 e. The molecule has 2 N–H and O–H groups in total. The van der Waals surface area contributed by atoms with Gasteiger partial charge in [0.2, 0.25) is 0 Å². The van der Waals surface area contributed by atoms with Crippen LogP contribution >= 0.6 is 0 Å². The molecule has 132 valence electrons. The molecule has 26 heavy (non-hydrogen) atoms. The fourth-order valence-electron chi connectivity index (χ4n) is 2.43. The van der Waals surface area contributed by atoms with Crippen molar-refractivity contribution >= 4 is 23.0 Å². The van der Waals surface area contributed by atoms with Gasteiger partial charge >= 0.3 is 0 Å². The van der Waals surface area contributed by atoms with Crippen LogP contribution in [0.25, 0.3) is 0 Å². The lowest BCUT2D eigenvalue weighted by atomic mass is 10.2. The van der Waals surface area contributed by atoms with Crippen LogP contribution in [0.2, 0.25) is 0 Å². The molecule has 0 radical (unpaired) electrons. The third-order valence-electron chi connectivity index (χ3n) is 3.73. The van der Waals surface area contributed by atoms with Crippen LogP contribution in [0.4, 0.5) is 25.8 Å². The lowest BCUT2D eigenvalue weighted by Gasteiger charge is -2.11. The highest BCUT2D eigenvalue weighted by atomic mass is 19.1. The molecular formula is C20H16F2N2O2. The maximum atomic E-state index is 13.7. The van der Waals surface area contributed by atoms with Gasteiger partial charge in [-0.05, 0) is 48.5 Å². The highest BCUT2D eigenvalue weighted by molar-refractivity contribution is 6.06. The van der Waals surface area contributed by atoms with Gasteiger partial charge in [-0.2, -0.15) is 0 Å². The molecule has 0 aliphatic carbocycles. The van der Waals surface area contributed by atoms with Gasteiger partial charge in [-0.3, -0.25) is 4.79 Å². The Bertz CT molecular complexity index is 907. The fourth-order valence-corrected chi connectivity index (χ4v) is 2.43. The van der Waals surface area contributed by atoms with Crippen molar-refractivity contribution < 1.29 is 18.3 Å². The number of hydrogen-bond donors (Lipinski definition) is 2. The van der Waals surface area contributed by atoms with E-state index in [0.717, 1.165) is 0 Å². The maximum absolute atomic E-state index is 13.7. The summed E-state index contributed by atoms with van der Waals surface area (Å²) < 4.78 is 32.5. The van der Waals surface area contributed by atoms with Gasteiger partial charge in [0.1, 0.15) is 23.1 Å². The summed E-state index contributed by atoms with van der Waals surface area (Å²) in [4.78, 5) is 12.4. The Labute approximate surface area is 149 Å². The molecular weight excluding hydrogens is 338 g/mol. The molecule has 3 aromatic rings. The minimum Gasteiger partial charge on any atom is -0.496 e. The summed E-state index contributed by atoms with van der Waals surface area (Å²) in [6.07, 6.45) is 0. The second-order valence-corrected chi connectivity index (χ2v) is 5.45. The van der Waals surface area contributed by atoms with E-state index in [2.05, 4.69) is 10.6 Å². The highest BCUT2D eigenvalue weighted by Gasteiger charge is 2.12. The number of rotatable bonds is 5. The number of carbonyl (C=O) groups excluding carboxylic acids is 1. The average molecular weight is 354 g/mol. The topological polar surface area (TPSA) is 50.4 Å². The van der Waals surface area contributed by atoms with Crippen LogP contribution < -0.4 is 15.4 Å². The molecule has 0 saturated carbocycles. The zero-order chi connectivity index (χ0) is 18.5. The molecule has 3 rings (SSSR count). The van der Waals surface area contributed by atoms with E-state index in [4.69, 9.17) is 4.74 Å². The molecule has 0 fully saturated rings. The van der Waals surface area contributed by atoms with Crippen molar-refractivity contribution in [2.45, 2.75) is 0 Å². The smallest absolute Gasteiger partial charge is 0.259 e. The van der Waals surface area contributed by atoms with Crippen molar-refractivity contribution in [2.75, 3.05) is 17.7 Å². The van der Waals surface area contributed by atoms with E-state index in [1.807, 2.05) is 0 Å². The molecule has 0 aliphatic rings. The van der Waals surface area contributed by atoms with Crippen molar-refractivity contribution in [1.29, 1.82) is 0 Å². The summed E-state index contributed by atoms with van der Waals surface area (Å²) in [5.41, 5.74) is 1.22. The second kappa shape index (κ2) is 7.65. The monoisotopic (exact) mass is 354 g/mol. The molecule has 0 atom stereocenters. The van der Waals surface area contributed by atoms with Crippen molar-refractivity contribution in [1.82, 2.24) is 0 Å². The lowest BCUT2D eigenvalue weighted by Crippen LogP contribution is -2.13. The third kappa shape index (κ3) is 3.80. The first-order chi connectivity index (χ1) is 12.6. The number of amides is 1. The van der Waals surface area contributed by atoms with Crippen LogP contribution in [0.5, 0.6) is 5.75 Å². The number of nitrogens with one attached hydrogen (secondary N) is 2. The minimum absolute atomic E-state index is 0.224. The molecule has 0 aromatic heterocycles. The Morgan fingerprint density at radius 2 is 1.46 bits per heavy atom. The van der Waals surface area contributed by atoms with Gasteiger partial charge in [-0.25, -0.2) is 8.78 Å². The molecule has 0 aliphatic heterocycles. The van der Waals surface area contributed by atoms with E-state index >= 15 is 0 Å². The first-order valence-electron chi connectivity index (χ1n) is 7.84. The molecule has 0 heterocycles. The summed E-state index contributed by atoms with van der Waals surface area (Å²) in [6.45, 7) is 0. The van der Waals surface area contributed by atoms with Crippen molar-refractivity contribution in [3.8, 4) is 5.75 Å². The number of halogens is 2. The number of anilines is 3. The lowest BCUT2D eigenvalue weighted by molar-refractivity contribution is 0.102. The van der Waals surface area contributed by atoms with Gasteiger partial charge in [0.05, 0.1) is 12.7 Å². The molecule has 3 aromatic carbocycles. The van der Waals surface area contributed by atoms with Gasteiger partial charge in [0, 0.05) is 11.4 Å². The van der Waals surface area contributed by atoms with Gasteiger partial charge < -0.3 is 15.4 Å². The second-order valence-electron chi connectivity index (χ2n) is 5.45. The SMILES string of the molecule is COc1ccccc1C(=O)Nc1ccc(Nc2c(F)cccc2F)cc1. The number of ether oxygens (including phenoxy) is 1. The minimum atomic E-state index is -0.682. The van der Waals surface area contributed by atoms with E-state index in [-0.39, 0.29) is 11.6 Å². The van der Waals surface area contributed by atoms with Gasteiger partial charge in [-0.15, -0.1) is 0 Å². The Balaban J connectivity index is 1.73. The zero-order valence-corrected chi connectivity index (χ0v) is 13.9. The highest BCUT2D eigenvalue weighted by Crippen LogP contribution is 2.25. The van der Waals surface area contributed by atoms with Crippen molar-refractivity contribution in [3.63, 3.8) is 0 Å². The van der Waals surface area contributed by atoms with Crippen LogP contribution in [0.3, 0.4) is 0 Å². The van der Waals surface area contributed by atoms with E-state index in [9.17, 15) is 13.6 Å². The first kappa shape index (κ1) is 17.4. The normalized spacial score (nSPS) is 10.3. The molecule has 0 bridgehead atoms. The Morgan fingerprint density at radius 3 is 2.12 bits per heavy atom. The van der Waals surface area contributed by atoms with Crippen molar-refractivity contribution in [2.24, 2.45) is 0 Å². The van der Waals surface area contributed by atoms with Crippen LogP contribution in [0, 0.1) is 11.6 Å². The number of methoxy groups -OCH3 is 1. The van der Waals surface area contributed by atoms with E-state index in [0.29, 0.717) is 22.7 Å². The number of hydrogen-bond acceptors (Lipinski definition) is 3. The predicted molar refractivity (Wildman–Crippen MR) is 97.0 cm³/mol. The fraction of sp³-hybridized carbons (Fsp3) is 0.0500. The molecule has 4 nitrogen and oxygen atoms in total. The molecule has 0 spiro atoms. The van der Waals surface area contributed by atoms with Gasteiger partial charge in [0.15, 0.2) is 0 Å². The van der Waals surface area contributed by atoms with Crippen LogP contribution in [0.15, 0.2) is 66.7 Å². The summed E-state index contributed by atoms with van der Waals surface area (Å²) in [5.74, 6) is -1.21. The summed E-state index contributed by atoms with van der Waals surface area (Å²) in [7, 11) is 1.49. The summed E-state index contributed by atoms with van der Waals surface area (Å²) in [5, 5.41) is 5.44. The van der Waals surface area contributed by atoms with Crippen LogP contribution in [-0.4, -0.2) is 13.0 Å². The van der Waals surface area contributed by atoms with E-state index < -0.39 is 11.6 Å². The third-order valence-corrected chi connectivity index (χ3v) is 3.73. The molecule has 1 amide bonds. The van der Waals surface area contributed by atoms with E-state index in [1.54, 1.807) is 48.5 Å². The largest absolute Gasteiger partial charge is 0.496 e. The summed E-state index contributed by atoms with van der Waals surface area (Å²) in [6, 6.07) is 17.0. The molecule has 6 heteroatoms. The van der Waals surface area contributed by atoms with Crippen molar-refractivity contribution in [3.05, 3.63) is 83.9 Å². The number of benzene rings is 3. The predicted octanol–water partition coefficient (Wildman–Crippen LogP) is 4.97. The number of para-hydroxylation sites is 2. The summed E-state index contributed by atoms with van der Waals surface area (Å²) >= 11 is 0.